The van der Waals surface area contributed by atoms with Crippen molar-refractivity contribution in [1.29, 1.82) is 0 Å². The highest BCUT2D eigenvalue weighted by molar-refractivity contribution is 5.80. The lowest BCUT2D eigenvalue weighted by atomic mass is 10.1. The summed E-state index contributed by atoms with van der Waals surface area (Å²) < 4.78 is 11.6. The van der Waals surface area contributed by atoms with E-state index in [2.05, 4.69) is 12.2 Å². The van der Waals surface area contributed by atoms with Crippen LogP contribution < -0.4 is 5.32 Å². The summed E-state index contributed by atoms with van der Waals surface area (Å²) in [6.07, 6.45) is 10.2. The molecule has 1 aliphatic carbocycles. The molecule has 1 saturated heterocycles. The van der Waals surface area contributed by atoms with Crippen LogP contribution in [0.15, 0.2) is 0 Å². The zero-order valence-electron chi connectivity index (χ0n) is 13.6. The Morgan fingerprint density at radius 1 is 1.29 bits per heavy atom. The molecule has 1 saturated carbocycles. The average molecular weight is 297 g/mol. The highest BCUT2D eigenvalue weighted by atomic mass is 16.5. The molecule has 0 radical (unpaired) electrons. The van der Waals surface area contributed by atoms with Gasteiger partial charge in [0.2, 0.25) is 5.91 Å². The van der Waals surface area contributed by atoms with E-state index in [0.717, 1.165) is 38.7 Å². The lowest BCUT2D eigenvalue weighted by Gasteiger charge is -2.23. The first kappa shape index (κ1) is 16.8. The van der Waals surface area contributed by atoms with Crippen molar-refractivity contribution in [2.75, 3.05) is 6.61 Å². The Bertz CT molecular complexity index is 309. The Hall–Kier alpha value is -0.610. The van der Waals surface area contributed by atoms with Crippen LogP contribution in [0.3, 0.4) is 0 Å². The van der Waals surface area contributed by atoms with Crippen LogP contribution in [0.2, 0.25) is 0 Å². The first-order valence-corrected chi connectivity index (χ1v) is 8.76. The molecule has 122 valence electrons. The molecule has 0 unspecified atom stereocenters. The van der Waals surface area contributed by atoms with E-state index in [9.17, 15) is 4.79 Å². The lowest BCUT2D eigenvalue weighted by molar-refractivity contribution is -0.137. The van der Waals surface area contributed by atoms with Crippen molar-refractivity contribution in [3.8, 4) is 0 Å². The van der Waals surface area contributed by atoms with Crippen LogP contribution in [0, 0.1) is 0 Å². The van der Waals surface area contributed by atoms with E-state index < -0.39 is 0 Å². The molecule has 1 amide bonds. The number of hydrogen-bond acceptors (Lipinski definition) is 3. The Morgan fingerprint density at radius 3 is 2.67 bits per heavy atom. The summed E-state index contributed by atoms with van der Waals surface area (Å²) in [5, 5.41) is 3.11. The number of hydrogen-bond donors (Lipinski definition) is 1. The van der Waals surface area contributed by atoms with Gasteiger partial charge < -0.3 is 14.8 Å². The molecule has 0 bridgehead atoms. The molecule has 4 nitrogen and oxygen atoms in total. The fourth-order valence-corrected chi connectivity index (χ4v) is 3.32. The van der Waals surface area contributed by atoms with Gasteiger partial charge >= 0.3 is 0 Å². The molecular weight excluding hydrogens is 266 g/mol. The van der Waals surface area contributed by atoms with Crippen LogP contribution >= 0.6 is 0 Å². The van der Waals surface area contributed by atoms with Gasteiger partial charge in [-0.1, -0.05) is 19.8 Å². The van der Waals surface area contributed by atoms with Crippen molar-refractivity contribution in [3.63, 3.8) is 0 Å². The Balaban J connectivity index is 1.67. The molecule has 4 heteroatoms. The fraction of sp³-hybridized carbons (Fsp3) is 0.941. The minimum Gasteiger partial charge on any atom is -0.378 e. The second kappa shape index (κ2) is 8.74. The second-order valence-electron chi connectivity index (χ2n) is 6.56. The van der Waals surface area contributed by atoms with Crippen molar-refractivity contribution < 1.29 is 14.3 Å². The van der Waals surface area contributed by atoms with E-state index >= 15 is 0 Å². The van der Waals surface area contributed by atoms with Gasteiger partial charge in [-0.25, -0.2) is 0 Å². The van der Waals surface area contributed by atoms with Gasteiger partial charge in [-0.3, -0.25) is 4.79 Å². The quantitative estimate of drug-likeness (QED) is 0.748. The van der Waals surface area contributed by atoms with Crippen LogP contribution in [0.1, 0.15) is 71.6 Å². The molecule has 3 atom stereocenters. The van der Waals surface area contributed by atoms with Crippen LogP contribution in [0.25, 0.3) is 0 Å². The molecule has 0 aromatic rings. The normalized spacial score (nSPS) is 25.9. The SMILES string of the molecule is CC[C@H](OC1CCCC1)C(=O)N[C@H](C)CC[C@H]1CCCO1. The van der Waals surface area contributed by atoms with Crippen molar-refractivity contribution in [2.45, 2.75) is 96.0 Å². The molecule has 2 fully saturated rings. The van der Waals surface area contributed by atoms with E-state index in [1.165, 1.54) is 25.7 Å². The average Bonchev–Trinajstić information content (AvgIpc) is 3.15. The van der Waals surface area contributed by atoms with Crippen molar-refractivity contribution >= 4 is 5.91 Å². The molecule has 2 rings (SSSR count). The largest absolute Gasteiger partial charge is 0.378 e. The Kier molecular flexibility index (Phi) is 6.97. The van der Waals surface area contributed by atoms with Crippen LogP contribution in [-0.4, -0.2) is 36.9 Å². The minimum atomic E-state index is -0.279. The first-order valence-electron chi connectivity index (χ1n) is 8.76. The third-order valence-corrected chi connectivity index (χ3v) is 4.66. The summed E-state index contributed by atoms with van der Waals surface area (Å²) >= 11 is 0. The number of carbonyl (C=O) groups is 1. The van der Waals surface area contributed by atoms with E-state index in [1.807, 2.05) is 6.92 Å². The molecule has 1 aliphatic heterocycles. The highest BCUT2D eigenvalue weighted by Crippen LogP contribution is 2.23. The van der Waals surface area contributed by atoms with Crippen LogP contribution in [0.5, 0.6) is 0 Å². The van der Waals surface area contributed by atoms with Crippen LogP contribution in [0.4, 0.5) is 0 Å². The summed E-state index contributed by atoms with van der Waals surface area (Å²) in [6, 6.07) is 0.197. The number of rotatable bonds is 8. The molecule has 1 heterocycles. The van der Waals surface area contributed by atoms with Gasteiger partial charge in [0.15, 0.2) is 0 Å². The fourth-order valence-electron chi connectivity index (χ4n) is 3.32. The number of carbonyl (C=O) groups excluding carboxylic acids is 1. The lowest BCUT2D eigenvalue weighted by Crippen LogP contribution is -2.42. The zero-order valence-corrected chi connectivity index (χ0v) is 13.6. The van der Waals surface area contributed by atoms with Crippen molar-refractivity contribution in [1.82, 2.24) is 5.32 Å². The topological polar surface area (TPSA) is 47.6 Å². The third-order valence-electron chi connectivity index (χ3n) is 4.66. The summed E-state index contributed by atoms with van der Waals surface area (Å²) in [7, 11) is 0. The van der Waals surface area contributed by atoms with E-state index in [0.29, 0.717) is 12.2 Å². The zero-order chi connectivity index (χ0) is 15.1. The maximum absolute atomic E-state index is 12.3. The smallest absolute Gasteiger partial charge is 0.249 e. The van der Waals surface area contributed by atoms with Crippen LogP contribution in [-0.2, 0) is 14.3 Å². The van der Waals surface area contributed by atoms with Gasteiger partial charge in [0, 0.05) is 12.6 Å². The van der Waals surface area contributed by atoms with E-state index in [4.69, 9.17) is 9.47 Å². The van der Waals surface area contributed by atoms with E-state index in [1.54, 1.807) is 0 Å². The maximum Gasteiger partial charge on any atom is 0.249 e. The predicted octanol–water partition coefficient (Wildman–Crippen LogP) is 3.19. The first-order chi connectivity index (χ1) is 10.2. The number of nitrogens with one attached hydrogen (secondary N) is 1. The van der Waals surface area contributed by atoms with Gasteiger partial charge in [-0.2, -0.15) is 0 Å². The van der Waals surface area contributed by atoms with Gasteiger partial charge in [0.1, 0.15) is 6.10 Å². The summed E-state index contributed by atoms with van der Waals surface area (Å²) in [6.45, 7) is 5.00. The Labute approximate surface area is 129 Å². The molecule has 1 N–H and O–H groups in total. The molecule has 2 aliphatic rings. The summed E-state index contributed by atoms with van der Waals surface area (Å²) in [5.74, 6) is 0.0595. The van der Waals surface area contributed by atoms with E-state index in [-0.39, 0.29) is 18.1 Å². The third kappa shape index (κ3) is 5.59. The summed E-state index contributed by atoms with van der Waals surface area (Å²) in [5.41, 5.74) is 0. The standard InChI is InChI=1S/C17H31NO3/c1-3-16(21-15-7-4-5-8-15)17(19)18-13(2)10-11-14-9-6-12-20-14/h13-16H,3-12H2,1-2H3,(H,18,19)/t13-,14-,16+/m1/s1. The van der Waals surface area contributed by atoms with Gasteiger partial charge in [0.05, 0.1) is 12.2 Å². The minimum absolute atomic E-state index is 0.0595. The second-order valence-corrected chi connectivity index (χ2v) is 6.56. The molecule has 0 spiro atoms. The Morgan fingerprint density at radius 2 is 2.05 bits per heavy atom. The highest BCUT2D eigenvalue weighted by Gasteiger charge is 2.25. The van der Waals surface area contributed by atoms with Gasteiger partial charge in [-0.05, 0) is 51.9 Å². The van der Waals surface area contributed by atoms with Gasteiger partial charge in [-0.15, -0.1) is 0 Å². The van der Waals surface area contributed by atoms with Crippen molar-refractivity contribution in [3.05, 3.63) is 0 Å². The summed E-state index contributed by atoms with van der Waals surface area (Å²) in [4.78, 5) is 12.3. The van der Waals surface area contributed by atoms with Crippen molar-refractivity contribution in [2.24, 2.45) is 0 Å². The van der Waals surface area contributed by atoms with Gasteiger partial charge in [0.25, 0.3) is 0 Å². The number of amides is 1. The molecule has 21 heavy (non-hydrogen) atoms. The molecule has 0 aromatic carbocycles. The monoisotopic (exact) mass is 297 g/mol. The number of ether oxygens (including phenoxy) is 2. The maximum atomic E-state index is 12.3. The predicted molar refractivity (Wildman–Crippen MR) is 83.2 cm³/mol. The molecular formula is C17H31NO3. The molecule has 0 aromatic heterocycles.